The summed E-state index contributed by atoms with van der Waals surface area (Å²) in [6.07, 6.45) is 0. The Morgan fingerprint density at radius 2 is 1.18 bits per heavy atom. The Kier molecular flexibility index (Phi) is 15.0. The number of quaternary nitrogens is 1. The maximum absolute atomic E-state index is 10.2. The first-order chi connectivity index (χ1) is 12.5. The van der Waals surface area contributed by atoms with E-state index in [4.69, 9.17) is 10.2 Å². The van der Waals surface area contributed by atoms with Gasteiger partial charge in [-0.1, -0.05) is 36.4 Å². The molecule has 0 saturated heterocycles. The Labute approximate surface area is 180 Å². The second kappa shape index (κ2) is 14.9. The standard InChI is InChI=1S/C7H18N2.2C7H6O2.Zn/c1-8(2)6-7-9(3,4)5;2*8-7(9)6-4-2-1-3-5-6;/h3,6-7H2,1-2,4-5H3;2*1-5H,(H,8,9);/q;;;+2. The average molecular weight is 440 g/mol. The monoisotopic (exact) mass is 438 g/mol. The predicted octanol–water partition coefficient (Wildman–Crippen LogP) is 3.18. The van der Waals surface area contributed by atoms with E-state index in [-0.39, 0.29) is 19.5 Å². The molecule has 0 amide bonds. The van der Waals surface area contributed by atoms with Gasteiger partial charge in [0, 0.05) is 20.6 Å². The van der Waals surface area contributed by atoms with Crippen molar-refractivity contribution in [3.05, 3.63) is 78.8 Å². The van der Waals surface area contributed by atoms with Crippen LogP contribution in [0.1, 0.15) is 20.7 Å². The number of hydrogen-bond donors (Lipinski definition) is 2. The minimum atomic E-state index is -0.879. The molecule has 0 atom stereocenters. The van der Waals surface area contributed by atoms with Crippen LogP contribution in [-0.2, 0) is 19.5 Å². The molecule has 28 heavy (non-hydrogen) atoms. The number of hydrogen-bond acceptors (Lipinski definition) is 3. The molecule has 0 fully saturated rings. The maximum Gasteiger partial charge on any atom is 2.00 e. The van der Waals surface area contributed by atoms with Crippen LogP contribution in [-0.4, -0.2) is 72.8 Å². The first-order valence-corrected chi connectivity index (χ1v) is 8.41. The SMILES string of the molecule is O=C(O)c1ccccc1.O=C(O)c1ccccc1.[CH2-][N+](C)(C)CCN(C)C.[Zn+2]. The summed E-state index contributed by atoms with van der Waals surface area (Å²) in [5.74, 6) is -1.76. The van der Waals surface area contributed by atoms with Crippen LogP contribution < -0.4 is 0 Å². The van der Waals surface area contributed by atoms with Crippen molar-refractivity contribution in [2.24, 2.45) is 0 Å². The van der Waals surface area contributed by atoms with Crippen LogP contribution >= 0.6 is 0 Å². The van der Waals surface area contributed by atoms with Crippen molar-refractivity contribution in [3.8, 4) is 0 Å². The normalized spacial score (nSPS) is 9.79. The van der Waals surface area contributed by atoms with E-state index >= 15 is 0 Å². The molecule has 0 aliphatic rings. The van der Waals surface area contributed by atoms with Crippen LogP contribution in [0.3, 0.4) is 0 Å². The third kappa shape index (κ3) is 16.1. The summed E-state index contributed by atoms with van der Waals surface area (Å²) in [6, 6.07) is 16.6. The van der Waals surface area contributed by atoms with Crippen LogP contribution in [0.5, 0.6) is 0 Å². The first kappa shape index (κ1) is 28.1. The molecule has 0 saturated carbocycles. The van der Waals surface area contributed by atoms with Crippen LogP contribution in [0.2, 0.25) is 0 Å². The molecule has 0 radical (unpaired) electrons. The van der Waals surface area contributed by atoms with Crippen LogP contribution in [0.4, 0.5) is 0 Å². The fraction of sp³-hybridized carbons (Fsp3) is 0.286. The molecule has 0 bridgehead atoms. The Morgan fingerprint density at radius 1 is 0.857 bits per heavy atom. The van der Waals surface area contributed by atoms with Gasteiger partial charge >= 0.3 is 31.4 Å². The largest absolute Gasteiger partial charge is 2.00 e. The van der Waals surface area contributed by atoms with E-state index < -0.39 is 11.9 Å². The van der Waals surface area contributed by atoms with Crippen molar-refractivity contribution in [3.63, 3.8) is 0 Å². The van der Waals surface area contributed by atoms with Gasteiger partial charge in [-0.05, 0) is 38.4 Å². The summed E-state index contributed by atoms with van der Waals surface area (Å²) in [5, 5.41) is 16.8. The van der Waals surface area contributed by atoms with Gasteiger partial charge in [-0.15, -0.1) is 7.05 Å². The number of carbonyl (C=O) groups is 2. The van der Waals surface area contributed by atoms with E-state index in [0.717, 1.165) is 17.6 Å². The van der Waals surface area contributed by atoms with E-state index in [1.807, 2.05) is 0 Å². The zero-order valence-corrected chi connectivity index (χ0v) is 20.2. The number of carboxylic acid groups (broad SMARTS) is 2. The summed E-state index contributed by atoms with van der Waals surface area (Å²) < 4.78 is 0.804. The third-order valence-electron chi connectivity index (χ3n) is 3.19. The van der Waals surface area contributed by atoms with Gasteiger partial charge in [0.2, 0.25) is 0 Å². The van der Waals surface area contributed by atoms with Crippen molar-refractivity contribution in [2.75, 3.05) is 41.3 Å². The topological polar surface area (TPSA) is 77.8 Å². The van der Waals surface area contributed by atoms with Crippen LogP contribution in [0.25, 0.3) is 0 Å². The first-order valence-electron chi connectivity index (χ1n) is 8.41. The predicted molar refractivity (Wildman–Crippen MR) is 108 cm³/mol. The number of aromatic carboxylic acids is 2. The fourth-order valence-electron chi connectivity index (χ4n) is 1.63. The number of benzene rings is 2. The number of likely N-dealkylation sites (N-methyl/N-ethyl adjacent to an activating group) is 2. The summed E-state index contributed by atoms with van der Waals surface area (Å²) >= 11 is 0. The Balaban J connectivity index is 0. The number of carboxylic acids is 2. The van der Waals surface area contributed by atoms with E-state index in [2.05, 4.69) is 40.1 Å². The molecule has 0 spiro atoms. The number of nitrogens with zero attached hydrogens (tertiary/aromatic N) is 2. The summed E-state index contributed by atoms with van der Waals surface area (Å²) in [6.45, 7) is 2.21. The fourth-order valence-corrected chi connectivity index (χ4v) is 1.63. The van der Waals surface area contributed by atoms with E-state index in [1.54, 1.807) is 60.7 Å². The molecular weight excluding hydrogens is 410 g/mol. The Morgan fingerprint density at radius 3 is 1.32 bits per heavy atom. The summed E-state index contributed by atoms with van der Waals surface area (Å²) in [5.41, 5.74) is 0.662. The van der Waals surface area contributed by atoms with Gasteiger partial charge < -0.3 is 19.6 Å². The van der Waals surface area contributed by atoms with Gasteiger partial charge in [0.15, 0.2) is 0 Å². The van der Waals surface area contributed by atoms with Crippen molar-refractivity contribution in [1.29, 1.82) is 0 Å². The van der Waals surface area contributed by atoms with Gasteiger partial charge in [0.1, 0.15) is 0 Å². The zero-order chi connectivity index (χ0) is 20.9. The van der Waals surface area contributed by atoms with E-state index in [9.17, 15) is 9.59 Å². The van der Waals surface area contributed by atoms with Crippen LogP contribution in [0.15, 0.2) is 60.7 Å². The molecule has 148 valence electrons. The van der Waals surface area contributed by atoms with Gasteiger partial charge in [0.05, 0.1) is 17.7 Å². The van der Waals surface area contributed by atoms with E-state index in [0.29, 0.717) is 11.1 Å². The molecule has 0 aliphatic heterocycles. The van der Waals surface area contributed by atoms with Crippen molar-refractivity contribution in [1.82, 2.24) is 4.90 Å². The minimum Gasteiger partial charge on any atom is -0.478 e. The zero-order valence-electron chi connectivity index (χ0n) is 17.2. The molecule has 2 rings (SSSR count). The molecule has 0 heterocycles. The Bertz CT molecular complexity index is 622. The molecule has 0 aliphatic carbocycles. The molecule has 7 heteroatoms. The van der Waals surface area contributed by atoms with Crippen LogP contribution in [0, 0.1) is 7.05 Å². The minimum absolute atomic E-state index is 0. The van der Waals surface area contributed by atoms with Crippen molar-refractivity contribution in [2.45, 2.75) is 0 Å². The van der Waals surface area contributed by atoms with Gasteiger partial charge in [-0.2, -0.15) is 0 Å². The molecule has 2 N–H and O–H groups in total. The molecule has 2 aromatic carbocycles. The summed E-state index contributed by atoms with van der Waals surface area (Å²) in [7, 11) is 12.3. The molecule has 0 aromatic heterocycles. The van der Waals surface area contributed by atoms with Gasteiger partial charge in [-0.25, -0.2) is 9.59 Å². The smallest absolute Gasteiger partial charge is 0.478 e. The average Bonchev–Trinajstić information content (AvgIpc) is 2.62. The number of rotatable bonds is 5. The van der Waals surface area contributed by atoms with E-state index in [1.165, 1.54) is 0 Å². The quantitative estimate of drug-likeness (QED) is 0.425. The van der Waals surface area contributed by atoms with Gasteiger partial charge in [-0.3, -0.25) is 0 Å². The second-order valence-electron chi connectivity index (χ2n) is 6.80. The molecule has 6 nitrogen and oxygen atoms in total. The van der Waals surface area contributed by atoms with Crippen molar-refractivity contribution >= 4 is 11.9 Å². The van der Waals surface area contributed by atoms with Crippen molar-refractivity contribution < 1.29 is 43.8 Å². The maximum atomic E-state index is 10.2. The Hall–Kier alpha value is -2.08. The third-order valence-corrected chi connectivity index (χ3v) is 3.19. The molecule has 2 aromatic rings. The molecular formula is C21H30N2O4Zn+2. The molecule has 0 unspecified atom stereocenters. The summed E-state index contributed by atoms with van der Waals surface area (Å²) in [4.78, 5) is 22.6. The second-order valence-corrected chi connectivity index (χ2v) is 6.80. The van der Waals surface area contributed by atoms with Gasteiger partial charge in [0.25, 0.3) is 0 Å².